The third kappa shape index (κ3) is 4.36. The van der Waals surface area contributed by atoms with Crippen molar-refractivity contribution < 1.29 is 9.59 Å². The monoisotopic (exact) mass is 369 g/mol. The first-order chi connectivity index (χ1) is 12.8. The van der Waals surface area contributed by atoms with Crippen LogP contribution in [0, 0.1) is 12.8 Å². The number of aryl methyl sites for hydroxylation is 1. The van der Waals surface area contributed by atoms with E-state index in [1.165, 1.54) is 0 Å². The van der Waals surface area contributed by atoms with E-state index in [1.54, 1.807) is 11.9 Å². The zero-order valence-corrected chi connectivity index (χ0v) is 16.3. The number of hydrogen-bond acceptors (Lipinski definition) is 4. The molecule has 1 aliphatic rings. The molecule has 27 heavy (non-hydrogen) atoms. The van der Waals surface area contributed by atoms with Gasteiger partial charge in [0.25, 0.3) is 0 Å². The number of anilines is 1. The highest BCUT2D eigenvalue weighted by Gasteiger charge is 2.39. The molecule has 1 aromatic heterocycles. The molecule has 1 fully saturated rings. The number of benzene rings is 1. The van der Waals surface area contributed by atoms with Crippen molar-refractivity contribution in [3.63, 3.8) is 0 Å². The van der Waals surface area contributed by atoms with Gasteiger partial charge in [-0.05, 0) is 33.0 Å². The number of rotatable bonds is 5. The Morgan fingerprint density at radius 3 is 2.70 bits per heavy atom. The minimum Gasteiger partial charge on any atom is -0.338 e. The van der Waals surface area contributed by atoms with Gasteiger partial charge in [-0.25, -0.2) is 0 Å². The molecule has 2 N–H and O–H groups in total. The van der Waals surface area contributed by atoms with Gasteiger partial charge in [-0.15, -0.1) is 0 Å². The molecule has 0 spiro atoms. The van der Waals surface area contributed by atoms with Crippen LogP contribution in [-0.2, 0) is 16.1 Å². The SMILES string of the molecule is Cc1ccc(C2C(C(=O)Nc3cc(CN(C)C)[nH]n3)CCC(=O)N2C)cc1. The third-order valence-corrected chi connectivity index (χ3v) is 4.99. The molecule has 2 unspecified atom stereocenters. The van der Waals surface area contributed by atoms with E-state index in [-0.39, 0.29) is 23.8 Å². The summed E-state index contributed by atoms with van der Waals surface area (Å²) in [5.74, 6) is 0.156. The summed E-state index contributed by atoms with van der Waals surface area (Å²) in [4.78, 5) is 29.0. The number of amides is 2. The van der Waals surface area contributed by atoms with Gasteiger partial charge >= 0.3 is 0 Å². The van der Waals surface area contributed by atoms with Gasteiger partial charge in [-0.2, -0.15) is 5.10 Å². The van der Waals surface area contributed by atoms with Crippen LogP contribution >= 0.6 is 0 Å². The number of aromatic amines is 1. The van der Waals surface area contributed by atoms with Crippen molar-refractivity contribution in [1.29, 1.82) is 0 Å². The summed E-state index contributed by atoms with van der Waals surface area (Å²) in [7, 11) is 5.72. The summed E-state index contributed by atoms with van der Waals surface area (Å²) >= 11 is 0. The zero-order valence-electron chi connectivity index (χ0n) is 16.3. The minimum absolute atomic E-state index is 0.0673. The Bertz CT molecular complexity index is 812. The van der Waals surface area contributed by atoms with Crippen molar-refractivity contribution in [3.05, 3.63) is 47.2 Å². The molecule has 2 heterocycles. The predicted molar refractivity (Wildman–Crippen MR) is 104 cm³/mol. The molecule has 0 saturated carbocycles. The fourth-order valence-electron chi connectivity index (χ4n) is 3.60. The van der Waals surface area contributed by atoms with Gasteiger partial charge in [0.2, 0.25) is 11.8 Å². The summed E-state index contributed by atoms with van der Waals surface area (Å²) in [6.07, 6.45) is 0.909. The fraction of sp³-hybridized carbons (Fsp3) is 0.450. The van der Waals surface area contributed by atoms with Gasteiger partial charge in [0.1, 0.15) is 0 Å². The number of nitrogens with one attached hydrogen (secondary N) is 2. The molecule has 144 valence electrons. The molecule has 3 rings (SSSR count). The summed E-state index contributed by atoms with van der Waals surface area (Å²) < 4.78 is 0. The number of carbonyl (C=O) groups excluding carboxylic acids is 2. The number of nitrogens with zero attached hydrogens (tertiary/aromatic N) is 3. The van der Waals surface area contributed by atoms with Crippen molar-refractivity contribution in [3.8, 4) is 0 Å². The van der Waals surface area contributed by atoms with Crippen molar-refractivity contribution in [1.82, 2.24) is 20.0 Å². The molecule has 2 amide bonds. The van der Waals surface area contributed by atoms with Crippen LogP contribution in [-0.4, -0.2) is 53.0 Å². The van der Waals surface area contributed by atoms with Crippen LogP contribution in [0.3, 0.4) is 0 Å². The summed E-state index contributed by atoms with van der Waals surface area (Å²) in [5.41, 5.74) is 3.06. The highest BCUT2D eigenvalue weighted by Crippen LogP contribution is 2.36. The van der Waals surface area contributed by atoms with Crippen molar-refractivity contribution in [2.24, 2.45) is 5.92 Å². The lowest BCUT2D eigenvalue weighted by atomic mass is 9.83. The molecule has 1 aliphatic heterocycles. The van der Waals surface area contributed by atoms with Crippen molar-refractivity contribution in [2.45, 2.75) is 32.4 Å². The lowest BCUT2D eigenvalue weighted by Gasteiger charge is -2.38. The molecular weight excluding hydrogens is 342 g/mol. The van der Waals surface area contributed by atoms with Crippen LogP contribution in [0.1, 0.15) is 35.7 Å². The number of hydrogen-bond donors (Lipinski definition) is 2. The Morgan fingerprint density at radius 1 is 1.33 bits per heavy atom. The lowest BCUT2D eigenvalue weighted by molar-refractivity contribution is -0.140. The van der Waals surface area contributed by atoms with Crippen LogP contribution in [0.2, 0.25) is 0 Å². The van der Waals surface area contributed by atoms with Gasteiger partial charge < -0.3 is 15.1 Å². The fourth-order valence-corrected chi connectivity index (χ4v) is 3.60. The highest BCUT2D eigenvalue weighted by molar-refractivity contribution is 5.94. The van der Waals surface area contributed by atoms with Gasteiger partial charge in [-0.3, -0.25) is 14.7 Å². The third-order valence-electron chi connectivity index (χ3n) is 4.99. The normalized spacial score (nSPS) is 20.2. The molecule has 2 atom stereocenters. The van der Waals surface area contributed by atoms with E-state index in [0.29, 0.717) is 18.7 Å². The molecule has 2 aromatic rings. The lowest BCUT2D eigenvalue weighted by Crippen LogP contribution is -2.44. The molecule has 1 aromatic carbocycles. The molecule has 7 heteroatoms. The van der Waals surface area contributed by atoms with Gasteiger partial charge in [0, 0.05) is 26.1 Å². The number of likely N-dealkylation sites (tertiary alicyclic amines) is 1. The minimum atomic E-state index is -0.315. The summed E-state index contributed by atoms with van der Waals surface area (Å²) in [5, 5.41) is 10.0. The second-order valence-corrected chi connectivity index (χ2v) is 7.51. The Kier molecular flexibility index (Phi) is 5.60. The topological polar surface area (TPSA) is 81.3 Å². The Hall–Kier alpha value is -2.67. The molecule has 7 nitrogen and oxygen atoms in total. The molecular formula is C20H27N5O2. The van der Waals surface area contributed by atoms with E-state index >= 15 is 0 Å². The van der Waals surface area contributed by atoms with Crippen LogP contribution in [0.15, 0.2) is 30.3 Å². The van der Waals surface area contributed by atoms with Gasteiger partial charge in [0.05, 0.1) is 17.7 Å². The first-order valence-electron chi connectivity index (χ1n) is 9.17. The van der Waals surface area contributed by atoms with Gasteiger partial charge in [0.15, 0.2) is 5.82 Å². The van der Waals surface area contributed by atoms with Crippen LogP contribution < -0.4 is 5.32 Å². The van der Waals surface area contributed by atoms with Gasteiger partial charge in [-0.1, -0.05) is 29.8 Å². The molecule has 0 bridgehead atoms. The average Bonchev–Trinajstić information content (AvgIpc) is 3.04. The van der Waals surface area contributed by atoms with E-state index < -0.39 is 0 Å². The van der Waals surface area contributed by atoms with Crippen LogP contribution in [0.5, 0.6) is 0 Å². The Balaban J connectivity index is 1.79. The molecule has 0 aliphatic carbocycles. The second-order valence-electron chi connectivity index (χ2n) is 7.51. The smallest absolute Gasteiger partial charge is 0.231 e. The van der Waals surface area contributed by atoms with E-state index in [4.69, 9.17) is 0 Å². The Morgan fingerprint density at radius 2 is 2.04 bits per heavy atom. The van der Waals surface area contributed by atoms with E-state index in [9.17, 15) is 9.59 Å². The number of aromatic nitrogens is 2. The van der Waals surface area contributed by atoms with Crippen LogP contribution in [0.25, 0.3) is 0 Å². The highest BCUT2D eigenvalue weighted by atomic mass is 16.2. The van der Waals surface area contributed by atoms with Crippen molar-refractivity contribution in [2.75, 3.05) is 26.5 Å². The molecule has 0 radical (unpaired) electrons. The zero-order chi connectivity index (χ0) is 19.6. The van der Waals surface area contributed by atoms with E-state index in [1.807, 2.05) is 56.3 Å². The quantitative estimate of drug-likeness (QED) is 0.848. The maximum Gasteiger partial charge on any atom is 0.231 e. The molecule has 1 saturated heterocycles. The van der Waals surface area contributed by atoms with E-state index in [2.05, 4.69) is 15.5 Å². The van der Waals surface area contributed by atoms with Crippen LogP contribution in [0.4, 0.5) is 5.82 Å². The number of H-pyrrole nitrogens is 1. The average molecular weight is 369 g/mol. The summed E-state index contributed by atoms with van der Waals surface area (Å²) in [6.45, 7) is 2.74. The Labute approximate surface area is 159 Å². The van der Waals surface area contributed by atoms with Crippen molar-refractivity contribution >= 4 is 17.6 Å². The number of piperidine rings is 1. The predicted octanol–water partition coefficient (Wildman–Crippen LogP) is 2.33. The first kappa shape index (κ1) is 19.1. The van der Waals surface area contributed by atoms with E-state index in [0.717, 1.165) is 23.4 Å². The number of carbonyl (C=O) groups is 2. The maximum atomic E-state index is 13.0. The standard InChI is InChI=1S/C20H27N5O2/c1-13-5-7-14(8-6-13)19-16(9-10-18(26)25(19)4)20(27)21-17-11-15(22-23-17)12-24(2)3/h5-8,11,16,19H,9-10,12H2,1-4H3,(H2,21,22,23,27). The first-order valence-corrected chi connectivity index (χ1v) is 9.17. The largest absolute Gasteiger partial charge is 0.338 e. The maximum absolute atomic E-state index is 13.0. The second kappa shape index (κ2) is 7.92. The summed E-state index contributed by atoms with van der Waals surface area (Å²) in [6, 6.07) is 9.60.